The maximum Gasteiger partial charge on any atom is 0.326 e. The van der Waals surface area contributed by atoms with Crippen molar-refractivity contribution in [1.29, 1.82) is 0 Å². The van der Waals surface area contributed by atoms with Crippen LogP contribution in [0.15, 0.2) is 0 Å². The van der Waals surface area contributed by atoms with Gasteiger partial charge < -0.3 is 15.7 Å². The maximum atomic E-state index is 11.9. The van der Waals surface area contributed by atoms with Crippen LogP contribution in [0.2, 0.25) is 0 Å². The highest BCUT2D eigenvalue weighted by Crippen LogP contribution is 2.16. The van der Waals surface area contributed by atoms with Gasteiger partial charge in [0.05, 0.1) is 5.92 Å². The van der Waals surface area contributed by atoms with Gasteiger partial charge >= 0.3 is 5.97 Å². The van der Waals surface area contributed by atoms with Crippen LogP contribution in [0.3, 0.4) is 0 Å². The summed E-state index contributed by atoms with van der Waals surface area (Å²) in [6.07, 6.45) is 0. The smallest absolute Gasteiger partial charge is 0.326 e. The number of carbonyl (C=O) groups is 2. The fourth-order valence-corrected chi connectivity index (χ4v) is 1.93. The van der Waals surface area contributed by atoms with E-state index in [2.05, 4.69) is 10.6 Å². The van der Waals surface area contributed by atoms with Crippen LogP contribution in [0, 0.1) is 17.8 Å². The standard InChI is InChI=1S/C11H20N2O3/c1-6(2)9(11(15)16)13-10(14)8-5-12-4-7(8)3/h6-9,12H,4-5H2,1-3H3,(H,13,14)(H,15,16)/t7-,8-,9?/m1/s1. The Labute approximate surface area is 95.6 Å². The van der Waals surface area contributed by atoms with E-state index in [0.29, 0.717) is 6.54 Å². The molecule has 0 bridgehead atoms. The first-order valence-electron chi connectivity index (χ1n) is 5.67. The first-order chi connectivity index (χ1) is 7.43. The minimum absolute atomic E-state index is 0.105. The molecule has 0 spiro atoms. The van der Waals surface area contributed by atoms with Gasteiger partial charge in [0.2, 0.25) is 5.91 Å². The quantitative estimate of drug-likeness (QED) is 0.636. The topological polar surface area (TPSA) is 78.4 Å². The van der Waals surface area contributed by atoms with E-state index >= 15 is 0 Å². The zero-order valence-electron chi connectivity index (χ0n) is 9.99. The van der Waals surface area contributed by atoms with Crippen molar-refractivity contribution in [2.75, 3.05) is 13.1 Å². The number of amides is 1. The lowest BCUT2D eigenvalue weighted by Crippen LogP contribution is -2.47. The fraction of sp³-hybridized carbons (Fsp3) is 0.818. The molecule has 5 nitrogen and oxygen atoms in total. The largest absolute Gasteiger partial charge is 0.480 e. The van der Waals surface area contributed by atoms with Crippen molar-refractivity contribution in [1.82, 2.24) is 10.6 Å². The van der Waals surface area contributed by atoms with Crippen LogP contribution < -0.4 is 10.6 Å². The second-order valence-corrected chi connectivity index (χ2v) is 4.81. The predicted molar refractivity (Wildman–Crippen MR) is 59.9 cm³/mol. The summed E-state index contributed by atoms with van der Waals surface area (Å²) in [6.45, 7) is 7.02. The van der Waals surface area contributed by atoms with Crippen molar-refractivity contribution in [3.8, 4) is 0 Å². The molecule has 1 aliphatic heterocycles. The van der Waals surface area contributed by atoms with Gasteiger partial charge in [0.15, 0.2) is 0 Å². The van der Waals surface area contributed by atoms with Gasteiger partial charge in [-0.1, -0.05) is 20.8 Å². The number of carboxylic acid groups (broad SMARTS) is 1. The Morgan fingerprint density at radius 2 is 2.00 bits per heavy atom. The minimum atomic E-state index is -0.970. The number of aliphatic carboxylic acids is 1. The molecule has 1 fully saturated rings. The van der Waals surface area contributed by atoms with Crippen molar-refractivity contribution in [3.63, 3.8) is 0 Å². The molecule has 0 saturated carbocycles. The van der Waals surface area contributed by atoms with Crippen LogP contribution in [0.1, 0.15) is 20.8 Å². The molecule has 3 atom stereocenters. The number of rotatable bonds is 4. The number of nitrogens with one attached hydrogen (secondary N) is 2. The van der Waals surface area contributed by atoms with Crippen molar-refractivity contribution >= 4 is 11.9 Å². The first kappa shape index (κ1) is 13.0. The monoisotopic (exact) mass is 228 g/mol. The van der Waals surface area contributed by atoms with E-state index in [1.165, 1.54) is 0 Å². The Morgan fingerprint density at radius 1 is 1.38 bits per heavy atom. The Hall–Kier alpha value is -1.10. The van der Waals surface area contributed by atoms with Gasteiger partial charge in [0.1, 0.15) is 6.04 Å². The molecule has 1 rings (SSSR count). The van der Waals surface area contributed by atoms with Gasteiger partial charge in [0, 0.05) is 6.54 Å². The molecule has 0 radical (unpaired) electrons. The third-order valence-corrected chi connectivity index (χ3v) is 3.08. The van der Waals surface area contributed by atoms with Gasteiger partial charge in [-0.05, 0) is 18.4 Å². The number of hydrogen-bond acceptors (Lipinski definition) is 3. The summed E-state index contributed by atoms with van der Waals surface area (Å²) in [6, 6.07) is -0.791. The Kier molecular flexibility index (Phi) is 4.29. The second kappa shape index (κ2) is 5.30. The summed E-state index contributed by atoms with van der Waals surface area (Å²) in [5.74, 6) is -1.08. The van der Waals surface area contributed by atoms with Crippen LogP contribution in [-0.2, 0) is 9.59 Å². The lowest BCUT2D eigenvalue weighted by molar-refractivity contribution is -0.143. The van der Waals surface area contributed by atoms with Gasteiger partial charge in [-0.3, -0.25) is 4.79 Å². The number of carboxylic acids is 1. The molecule has 16 heavy (non-hydrogen) atoms. The molecule has 1 heterocycles. The third-order valence-electron chi connectivity index (χ3n) is 3.08. The van der Waals surface area contributed by atoms with Crippen molar-refractivity contribution in [3.05, 3.63) is 0 Å². The third kappa shape index (κ3) is 2.95. The second-order valence-electron chi connectivity index (χ2n) is 4.81. The van der Waals surface area contributed by atoms with Gasteiger partial charge in [-0.15, -0.1) is 0 Å². The minimum Gasteiger partial charge on any atom is -0.480 e. The van der Waals surface area contributed by atoms with E-state index in [1.54, 1.807) is 13.8 Å². The van der Waals surface area contributed by atoms with Crippen molar-refractivity contribution in [2.45, 2.75) is 26.8 Å². The lowest BCUT2D eigenvalue weighted by atomic mass is 9.96. The molecule has 3 N–H and O–H groups in total. The van der Waals surface area contributed by atoms with Crippen molar-refractivity contribution in [2.24, 2.45) is 17.8 Å². The Balaban J connectivity index is 2.58. The van der Waals surface area contributed by atoms with E-state index in [9.17, 15) is 9.59 Å². The number of carbonyl (C=O) groups excluding carboxylic acids is 1. The highest BCUT2D eigenvalue weighted by atomic mass is 16.4. The SMILES string of the molecule is CC(C)C(NC(=O)[C@@H]1CNC[C@H]1C)C(=O)O. The van der Waals surface area contributed by atoms with E-state index in [0.717, 1.165) is 6.54 Å². The molecule has 1 unspecified atom stereocenters. The zero-order chi connectivity index (χ0) is 12.3. The Morgan fingerprint density at radius 3 is 2.38 bits per heavy atom. The van der Waals surface area contributed by atoms with E-state index < -0.39 is 12.0 Å². The van der Waals surface area contributed by atoms with E-state index in [1.807, 2.05) is 6.92 Å². The Bertz CT molecular complexity index is 278. The first-order valence-corrected chi connectivity index (χ1v) is 5.67. The van der Waals surface area contributed by atoms with Crippen LogP contribution in [0.25, 0.3) is 0 Å². The summed E-state index contributed by atoms with van der Waals surface area (Å²) in [5, 5.41) is 14.7. The van der Waals surface area contributed by atoms with Gasteiger partial charge in [-0.2, -0.15) is 0 Å². The lowest BCUT2D eigenvalue weighted by Gasteiger charge is -2.21. The van der Waals surface area contributed by atoms with Gasteiger partial charge in [0.25, 0.3) is 0 Å². The summed E-state index contributed by atoms with van der Waals surface area (Å²) in [7, 11) is 0. The summed E-state index contributed by atoms with van der Waals surface area (Å²) in [5.41, 5.74) is 0. The summed E-state index contributed by atoms with van der Waals surface area (Å²) < 4.78 is 0. The summed E-state index contributed by atoms with van der Waals surface area (Å²) >= 11 is 0. The molecule has 0 aromatic rings. The molecule has 1 saturated heterocycles. The molecular weight excluding hydrogens is 208 g/mol. The van der Waals surface area contributed by atoms with Crippen LogP contribution in [0.4, 0.5) is 0 Å². The molecular formula is C11H20N2O3. The molecule has 0 aromatic carbocycles. The van der Waals surface area contributed by atoms with Crippen LogP contribution >= 0.6 is 0 Å². The van der Waals surface area contributed by atoms with Crippen LogP contribution in [-0.4, -0.2) is 36.1 Å². The molecule has 0 aromatic heterocycles. The zero-order valence-corrected chi connectivity index (χ0v) is 9.99. The normalized spacial score (nSPS) is 26.8. The maximum absolute atomic E-state index is 11.9. The average molecular weight is 228 g/mol. The van der Waals surface area contributed by atoms with Crippen molar-refractivity contribution < 1.29 is 14.7 Å². The average Bonchev–Trinajstić information content (AvgIpc) is 2.59. The molecule has 1 amide bonds. The van der Waals surface area contributed by atoms with E-state index in [-0.39, 0.29) is 23.7 Å². The van der Waals surface area contributed by atoms with E-state index in [4.69, 9.17) is 5.11 Å². The van der Waals surface area contributed by atoms with Crippen LogP contribution in [0.5, 0.6) is 0 Å². The van der Waals surface area contributed by atoms with Gasteiger partial charge in [-0.25, -0.2) is 4.79 Å². The highest BCUT2D eigenvalue weighted by molar-refractivity contribution is 5.85. The predicted octanol–water partition coefficient (Wildman–Crippen LogP) is 0.0673. The number of hydrogen-bond donors (Lipinski definition) is 3. The summed E-state index contributed by atoms with van der Waals surface area (Å²) in [4.78, 5) is 22.8. The molecule has 92 valence electrons. The highest BCUT2D eigenvalue weighted by Gasteiger charge is 2.32. The fourth-order valence-electron chi connectivity index (χ4n) is 1.93. The molecule has 0 aliphatic carbocycles. The molecule has 1 aliphatic rings. The molecule has 5 heteroatoms.